The van der Waals surface area contributed by atoms with Crippen molar-refractivity contribution < 1.29 is 18.6 Å². The summed E-state index contributed by atoms with van der Waals surface area (Å²) in [7, 11) is 1.67. The molecule has 0 aliphatic rings. The SMILES string of the molecule is CCCNCc1cc(F)cc(OCCOCCCOC)c1. The molecule has 0 radical (unpaired) electrons. The van der Waals surface area contributed by atoms with Crippen LogP contribution in [0.15, 0.2) is 18.2 Å². The van der Waals surface area contributed by atoms with Gasteiger partial charge in [0.2, 0.25) is 0 Å². The minimum absolute atomic E-state index is 0.276. The van der Waals surface area contributed by atoms with Crippen LogP contribution in [0.25, 0.3) is 0 Å². The van der Waals surface area contributed by atoms with Crippen molar-refractivity contribution in [1.82, 2.24) is 5.32 Å². The minimum atomic E-state index is -0.276. The highest BCUT2D eigenvalue weighted by molar-refractivity contribution is 5.29. The lowest BCUT2D eigenvalue weighted by molar-refractivity contribution is 0.0805. The molecule has 0 amide bonds. The Hall–Kier alpha value is -1.17. The number of benzene rings is 1. The Morgan fingerprint density at radius 1 is 1.10 bits per heavy atom. The molecule has 0 saturated heterocycles. The van der Waals surface area contributed by atoms with E-state index in [1.807, 2.05) is 6.07 Å². The molecule has 0 saturated carbocycles. The third-order valence-corrected chi connectivity index (χ3v) is 2.82. The number of rotatable bonds is 12. The van der Waals surface area contributed by atoms with Gasteiger partial charge in [-0.05, 0) is 37.1 Å². The molecule has 0 fully saturated rings. The second-order valence-electron chi connectivity index (χ2n) is 4.78. The molecule has 120 valence electrons. The van der Waals surface area contributed by atoms with Crippen molar-refractivity contribution in [3.8, 4) is 5.75 Å². The Kier molecular flexibility index (Phi) is 9.78. The van der Waals surface area contributed by atoms with Crippen LogP contribution in [0.4, 0.5) is 4.39 Å². The van der Waals surface area contributed by atoms with E-state index in [1.165, 1.54) is 12.1 Å². The lowest BCUT2D eigenvalue weighted by Gasteiger charge is -2.10. The predicted molar refractivity (Wildman–Crippen MR) is 81.2 cm³/mol. The van der Waals surface area contributed by atoms with E-state index < -0.39 is 0 Å². The Labute approximate surface area is 126 Å². The molecule has 1 rings (SSSR count). The van der Waals surface area contributed by atoms with Crippen molar-refractivity contribution in [2.75, 3.05) is 40.1 Å². The molecule has 0 aliphatic carbocycles. The van der Waals surface area contributed by atoms with Crippen molar-refractivity contribution in [2.45, 2.75) is 26.3 Å². The molecule has 0 spiro atoms. The van der Waals surface area contributed by atoms with E-state index in [0.717, 1.165) is 24.9 Å². The summed E-state index contributed by atoms with van der Waals surface area (Å²) in [6.07, 6.45) is 1.92. The standard InChI is InChI=1S/C16H26FNO3/c1-3-5-18-13-14-10-15(17)12-16(11-14)21-9-8-20-7-4-6-19-2/h10-12,18H,3-9,13H2,1-2H3. The molecule has 0 bridgehead atoms. The number of hydrogen-bond acceptors (Lipinski definition) is 4. The van der Waals surface area contributed by atoms with Gasteiger partial charge in [-0.2, -0.15) is 0 Å². The summed E-state index contributed by atoms with van der Waals surface area (Å²) in [5.41, 5.74) is 0.888. The Balaban J connectivity index is 2.27. The Bertz CT molecular complexity index is 388. The number of hydrogen-bond donors (Lipinski definition) is 1. The van der Waals surface area contributed by atoms with Crippen LogP contribution in [0.1, 0.15) is 25.3 Å². The van der Waals surface area contributed by atoms with Gasteiger partial charge >= 0.3 is 0 Å². The molecule has 4 nitrogen and oxygen atoms in total. The highest BCUT2D eigenvalue weighted by Crippen LogP contribution is 2.16. The zero-order valence-electron chi connectivity index (χ0n) is 13.0. The third kappa shape index (κ3) is 8.65. The second kappa shape index (κ2) is 11.5. The first-order chi connectivity index (χ1) is 10.3. The maximum Gasteiger partial charge on any atom is 0.127 e. The maximum atomic E-state index is 13.5. The normalized spacial score (nSPS) is 10.8. The fourth-order valence-electron chi connectivity index (χ4n) is 1.84. The van der Waals surface area contributed by atoms with E-state index in [-0.39, 0.29) is 5.82 Å². The van der Waals surface area contributed by atoms with E-state index in [2.05, 4.69) is 12.2 Å². The molecule has 1 N–H and O–H groups in total. The van der Waals surface area contributed by atoms with Crippen LogP contribution in [0.5, 0.6) is 5.75 Å². The highest BCUT2D eigenvalue weighted by atomic mass is 19.1. The first-order valence-corrected chi connectivity index (χ1v) is 7.46. The van der Waals surface area contributed by atoms with Crippen LogP contribution >= 0.6 is 0 Å². The van der Waals surface area contributed by atoms with Crippen LogP contribution in [0.3, 0.4) is 0 Å². The van der Waals surface area contributed by atoms with Gasteiger partial charge in [-0.3, -0.25) is 0 Å². The number of methoxy groups -OCH3 is 1. The predicted octanol–water partition coefficient (Wildman–Crippen LogP) is 2.76. The summed E-state index contributed by atoms with van der Waals surface area (Å²) in [6, 6.07) is 4.78. The summed E-state index contributed by atoms with van der Waals surface area (Å²) >= 11 is 0. The molecule has 1 aromatic carbocycles. The van der Waals surface area contributed by atoms with Crippen molar-refractivity contribution >= 4 is 0 Å². The van der Waals surface area contributed by atoms with Crippen LogP contribution < -0.4 is 10.1 Å². The molecule has 0 heterocycles. The van der Waals surface area contributed by atoms with Gasteiger partial charge in [0.05, 0.1) is 6.61 Å². The van der Waals surface area contributed by atoms with E-state index >= 15 is 0 Å². The maximum absolute atomic E-state index is 13.5. The van der Waals surface area contributed by atoms with Gasteiger partial charge in [0.25, 0.3) is 0 Å². The van der Waals surface area contributed by atoms with E-state index in [1.54, 1.807) is 7.11 Å². The highest BCUT2D eigenvalue weighted by Gasteiger charge is 2.02. The molecule has 0 aliphatic heterocycles. The third-order valence-electron chi connectivity index (χ3n) is 2.82. The van der Waals surface area contributed by atoms with Crippen molar-refractivity contribution in [1.29, 1.82) is 0 Å². The summed E-state index contributed by atoms with van der Waals surface area (Å²) in [6.45, 7) is 5.91. The molecule has 0 aromatic heterocycles. The van der Waals surface area contributed by atoms with E-state index in [0.29, 0.717) is 38.7 Å². The smallest absolute Gasteiger partial charge is 0.127 e. The number of halogens is 1. The monoisotopic (exact) mass is 299 g/mol. The van der Waals surface area contributed by atoms with Gasteiger partial charge < -0.3 is 19.5 Å². The van der Waals surface area contributed by atoms with Crippen molar-refractivity contribution in [2.24, 2.45) is 0 Å². The van der Waals surface area contributed by atoms with Crippen LogP contribution in [-0.4, -0.2) is 40.1 Å². The number of nitrogens with one attached hydrogen (secondary N) is 1. The zero-order valence-corrected chi connectivity index (χ0v) is 13.0. The summed E-state index contributed by atoms with van der Waals surface area (Å²) < 4.78 is 29.3. The molecule has 0 atom stereocenters. The summed E-state index contributed by atoms with van der Waals surface area (Å²) in [4.78, 5) is 0. The molecular formula is C16H26FNO3. The van der Waals surface area contributed by atoms with Gasteiger partial charge in [-0.15, -0.1) is 0 Å². The molecule has 5 heteroatoms. The Morgan fingerprint density at radius 3 is 2.71 bits per heavy atom. The van der Waals surface area contributed by atoms with Crippen LogP contribution in [0, 0.1) is 5.82 Å². The van der Waals surface area contributed by atoms with Gasteiger partial charge in [0, 0.05) is 32.9 Å². The summed E-state index contributed by atoms with van der Waals surface area (Å²) in [5, 5.41) is 3.24. The van der Waals surface area contributed by atoms with Gasteiger partial charge in [-0.25, -0.2) is 4.39 Å². The topological polar surface area (TPSA) is 39.7 Å². The van der Waals surface area contributed by atoms with E-state index in [9.17, 15) is 4.39 Å². The van der Waals surface area contributed by atoms with Gasteiger partial charge in [0.1, 0.15) is 18.2 Å². The fourth-order valence-corrected chi connectivity index (χ4v) is 1.84. The molecule has 1 aromatic rings. The lowest BCUT2D eigenvalue weighted by atomic mass is 10.2. The largest absolute Gasteiger partial charge is 0.491 e. The first-order valence-electron chi connectivity index (χ1n) is 7.46. The van der Waals surface area contributed by atoms with Gasteiger partial charge in [-0.1, -0.05) is 6.92 Å². The second-order valence-corrected chi connectivity index (χ2v) is 4.78. The average molecular weight is 299 g/mol. The van der Waals surface area contributed by atoms with Crippen molar-refractivity contribution in [3.63, 3.8) is 0 Å². The molecule has 21 heavy (non-hydrogen) atoms. The lowest BCUT2D eigenvalue weighted by Crippen LogP contribution is -2.14. The molecule has 0 unspecified atom stereocenters. The molecular weight excluding hydrogens is 273 g/mol. The summed E-state index contributed by atoms with van der Waals surface area (Å²) in [5.74, 6) is 0.269. The van der Waals surface area contributed by atoms with Crippen LogP contribution in [0.2, 0.25) is 0 Å². The quantitative estimate of drug-likeness (QED) is 0.602. The number of ether oxygens (including phenoxy) is 3. The first kappa shape index (κ1) is 17.9. The van der Waals surface area contributed by atoms with Crippen molar-refractivity contribution in [3.05, 3.63) is 29.6 Å². The van der Waals surface area contributed by atoms with Gasteiger partial charge in [0.15, 0.2) is 0 Å². The average Bonchev–Trinajstić information content (AvgIpc) is 2.46. The Morgan fingerprint density at radius 2 is 1.95 bits per heavy atom. The fraction of sp³-hybridized carbons (Fsp3) is 0.625. The zero-order chi connectivity index (χ0) is 15.3. The van der Waals surface area contributed by atoms with E-state index in [4.69, 9.17) is 14.2 Å². The van der Waals surface area contributed by atoms with Crippen LogP contribution in [-0.2, 0) is 16.0 Å². The minimum Gasteiger partial charge on any atom is -0.491 e.